The smallest absolute Gasteiger partial charge is 0.245 e. The standard InChI is InChI=1S/C18H16FN3OS/c19-13-7-5-12(6-8-13)11-22-10-9-15(17(22)23)21-18-20-14-3-1-2-4-16(14)24-18/h1-8,15H,9-11H2,(H,20,21). The summed E-state index contributed by atoms with van der Waals surface area (Å²) in [5.74, 6) is -0.194. The molecule has 1 aliphatic rings. The third-order valence-electron chi connectivity index (χ3n) is 4.18. The van der Waals surface area contributed by atoms with E-state index in [0.717, 1.165) is 27.3 Å². The molecular formula is C18H16FN3OS. The van der Waals surface area contributed by atoms with Crippen LogP contribution in [-0.2, 0) is 11.3 Å². The number of carbonyl (C=O) groups is 1. The predicted octanol–water partition coefficient (Wildman–Crippen LogP) is 3.65. The first-order chi connectivity index (χ1) is 11.7. The Morgan fingerprint density at radius 1 is 1.21 bits per heavy atom. The van der Waals surface area contributed by atoms with Gasteiger partial charge in [0.15, 0.2) is 5.13 Å². The topological polar surface area (TPSA) is 45.2 Å². The van der Waals surface area contributed by atoms with Crippen LogP contribution in [0.25, 0.3) is 10.2 Å². The van der Waals surface area contributed by atoms with Crippen LogP contribution < -0.4 is 5.32 Å². The van der Waals surface area contributed by atoms with E-state index in [4.69, 9.17) is 0 Å². The Labute approximate surface area is 142 Å². The molecule has 1 N–H and O–H groups in total. The molecule has 0 aliphatic carbocycles. The molecule has 0 saturated carbocycles. The third kappa shape index (κ3) is 2.97. The number of halogens is 1. The van der Waals surface area contributed by atoms with Crippen LogP contribution in [-0.4, -0.2) is 28.4 Å². The number of thiazole rings is 1. The van der Waals surface area contributed by atoms with Crippen LogP contribution in [0.15, 0.2) is 48.5 Å². The lowest BCUT2D eigenvalue weighted by molar-refractivity contribution is -0.128. The number of fused-ring (bicyclic) bond motifs is 1. The highest BCUT2D eigenvalue weighted by molar-refractivity contribution is 7.22. The lowest BCUT2D eigenvalue weighted by Gasteiger charge is -2.17. The fourth-order valence-electron chi connectivity index (χ4n) is 2.92. The Kier molecular flexibility index (Phi) is 3.90. The summed E-state index contributed by atoms with van der Waals surface area (Å²) in [4.78, 5) is 18.9. The lowest BCUT2D eigenvalue weighted by atomic mass is 10.2. The number of rotatable bonds is 4. The molecule has 122 valence electrons. The van der Waals surface area contributed by atoms with Gasteiger partial charge in [-0.1, -0.05) is 35.6 Å². The molecule has 0 bridgehead atoms. The Hall–Kier alpha value is -2.47. The summed E-state index contributed by atoms with van der Waals surface area (Å²) in [7, 11) is 0. The molecule has 1 unspecified atom stereocenters. The van der Waals surface area contributed by atoms with Gasteiger partial charge in [0.1, 0.15) is 11.9 Å². The molecule has 24 heavy (non-hydrogen) atoms. The van der Waals surface area contributed by atoms with Crippen molar-refractivity contribution in [2.75, 3.05) is 11.9 Å². The molecule has 3 aromatic rings. The number of benzene rings is 2. The predicted molar refractivity (Wildman–Crippen MR) is 93.5 cm³/mol. The van der Waals surface area contributed by atoms with Crippen molar-refractivity contribution in [2.24, 2.45) is 0 Å². The molecule has 4 nitrogen and oxygen atoms in total. The highest BCUT2D eigenvalue weighted by atomic mass is 32.1. The third-order valence-corrected chi connectivity index (χ3v) is 5.14. The molecular weight excluding hydrogens is 325 g/mol. The van der Waals surface area contributed by atoms with E-state index in [2.05, 4.69) is 10.3 Å². The van der Waals surface area contributed by atoms with Gasteiger partial charge < -0.3 is 10.2 Å². The Balaban J connectivity index is 1.44. The van der Waals surface area contributed by atoms with Gasteiger partial charge in [0.05, 0.1) is 10.2 Å². The molecule has 1 saturated heterocycles. The van der Waals surface area contributed by atoms with Gasteiger partial charge in [-0.25, -0.2) is 9.37 Å². The maximum Gasteiger partial charge on any atom is 0.245 e. The van der Waals surface area contributed by atoms with Crippen molar-refractivity contribution < 1.29 is 9.18 Å². The second-order valence-corrected chi connectivity index (χ2v) is 6.89. The van der Waals surface area contributed by atoms with Crippen LogP contribution in [0.2, 0.25) is 0 Å². The minimum absolute atomic E-state index is 0.0681. The van der Waals surface area contributed by atoms with Gasteiger partial charge >= 0.3 is 0 Å². The van der Waals surface area contributed by atoms with Crippen LogP contribution in [0.3, 0.4) is 0 Å². The van der Waals surface area contributed by atoms with Crippen molar-refractivity contribution in [3.05, 3.63) is 59.9 Å². The van der Waals surface area contributed by atoms with Crippen LogP contribution in [0.1, 0.15) is 12.0 Å². The molecule has 1 aliphatic heterocycles. The Bertz CT molecular complexity index is 844. The van der Waals surface area contributed by atoms with E-state index in [-0.39, 0.29) is 17.8 Å². The summed E-state index contributed by atoms with van der Waals surface area (Å²) < 4.78 is 14.1. The first kappa shape index (κ1) is 15.1. The summed E-state index contributed by atoms with van der Waals surface area (Å²) in [6.07, 6.45) is 0.746. The maximum atomic E-state index is 13.0. The average Bonchev–Trinajstić information content (AvgIpc) is 3.15. The second kappa shape index (κ2) is 6.20. The van der Waals surface area contributed by atoms with Crippen LogP contribution in [0.5, 0.6) is 0 Å². The van der Waals surface area contributed by atoms with E-state index in [1.54, 1.807) is 28.4 Å². The van der Waals surface area contributed by atoms with Gasteiger partial charge in [0.2, 0.25) is 5.91 Å². The van der Waals surface area contributed by atoms with Crippen molar-refractivity contribution in [3.63, 3.8) is 0 Å². The van der Waals surface area contributed by atoms with Gasteiger partial charge in [-0.2, -0.15) is 0 Å². The summed E-state index contributed by atoms with van der Waals surface area (Å²) in [6.45, 7) is 1.20. The lowest BCUT2D eigenvalue weighted by Crippen LogP contribution is -2.33. The Morgan fingerprint density at radius 2 is 2.00 bits per heavy atom. The van der Waals surface area contributed by atoms with Crippen LogP contribution in [0.4, 0.5) is 9.52 Å². The SMILES string of the molecule is O=C1C(Nc2nc3ccccc3s2)CCN1Cc1ccc(F)cc1. The highest BCUT2D eigenvalue weighted by Crippen LogP contribution is 2.27. The normalized spacial score (nSPS) is 17.6. The molecule has 6 heteroatoms. The molecule has 0 radical (unpaired) electrons. The largest absolute Gasteiger partial charge is 0.350 e. The van der Waals surface area contributed by atoms with Gasteiger partial charge in [0.25, 0.3) is 0 Å². The van der Waals surface area contributed by atoms with E-state index < -0.39 is 0 Å². The number of hydrogen-bond donors (Lipinski definition) is 1. The van der Waals surface area contributed by atoms with E-state index in [1.807, 2.05) is 24.3 Å². The Morgan fingerprint density at radius 3 is 2.79 bits per heavy atom. The number of anilines is 1. The molecule has 1 fully saturated rings. The van der Waals surface area contributed by atoms with Crippen molar-refractivity contribution in [2.45, 2.75) is 19.0 Å². The van der Waals surface area contributed by atoms with Crippen molar-refractivity contribution >= 4 is 32.6 Å². The zero-order valence-electron chi connectivity index (χ0n) is 12.9. The number of nitrogens with one attached hydrogen (secondary N) is 1. The minimum atomic E-state index is -0.262. The second-order valence-electron chi connectivity index (χ2n) is 5.86. The van der Waals surface area contributed by atoms with Gasteiger partial charge in [-0.3, -0.25) is 4.79 Å². The fraction of sp³-hybridized carbons (Fsp3) is 0.222. The minimum Gasteiger partial charge on any atom is -0.350 e. The van der Waals surface area contributed by atoms with Crippen LogP contribution in [0, 0.1) is 5.82 Å². The van der Waals surface area contributed by atoms with E-state index >= 15 is 0 Å². The summed E-state index contributed by atoms with van der Waals surface area (Å²) in [5.41, 5.74) is 1.88. The molecule has 1 atom stereocenters. The average molecular weight is 341 g/mol. The van der Waals surface area contributed by atoms with E-state index in [9.17, 15) is 9.18 Å². The number of para-hydroxylation sites is 1. The molecule has 1 amide bonds. The number of aromatic nitrogens is 1. The number of carbonyl (C=O) groups excluding carboxylic acids is 1. The highest BCUT2D eigenvalue weighted by Gasteiger charge is 2.32. The molecule has 1 aromatic heterocycles. The van der Waals surface area contributed by atoms with E-state index in [0.29, 0.717) is 13.1 Å². The number of likely N-dealkylation sites (tertiary alicyclic amines) is 1. The number of nitrogens with zero attached hydrogens (tertiary/aromatic N) is 2. The quantitative estimate of drug-likeness (QED) is 0.788. The van der Waals surface area contributed by atoms with Crippen LogP contribution >= 0.6 is 11.3 Å². The van der Waals surface area contributed by atoms with Gasteiger partial charge in [-0.15, -0.1) is 0 Å². The number of hydrogen-bond acceptors (Lipinski definition) is 4. The van der Waals surface area contributed by atoms with Crippen molar-refractivity contribution in [1.82, 2.24) is 9.88 Å². The number of amides is 1. The fourth-order valence-corrected chi connectivity index (χ4v) is 3.84. The molecule has 2 heterocycles. The molecule has 0 spiro atoms. The maximum absolute atomic E-state index is 13.0. The summed E-state index contributed by atoms with van der Waals surface area (Å²) in [6, 6.07) is 14.0. The first-order valence-corrected chi connectivity index (χ1v) is 8.66. The summed E-state index contributed by atoms with van der Waals surface area (Å²) in [5, 5.41) is 4.04. The van der Waals surface area contributed by atoms with Crippen molar-refractivity contribution in [3.8, 4) is 0 Å². The summed E-state index contributed by atoms with van der Waals surface area (Å²) >= 11 is 1.56. The van der Waals surface area contributed by atoms with Gasteiger partial charge in [0, 0.05) is 13.1 Å². The zero-order chi connectivity index (χ0) is 16.5. The zero-order valence-corrected chi connectivity index (χ0v) is 13.7. The molecule has 2 aromatic carbocycles. The van der Waals surface area contributed by atoms with E-state index in [1.165, 1.54) is 12.1 Å². The monoisotopic (exact) mass is 341 g/mol. The van der Waals surface area contributed by atoms with Crippen molar-refractivity contribution in [1.29, 1.82) is 0 Å². The first-order valence-electron chi connectivity index (χ1n) is 7.84. The van der Waals surface area contributed by atoms with Gasteiger partial charge in [-0.05, 0) is 36.2 Å². The molecule has 4 rings (SSSR count).